The standard InChI is InChI=1S/C14H20N2O2/c1-17-14(18-2)12-5-6-15-13(16-12)11-8-9-3-4-10(11)7-9/h5-6,9-11,14H,3-4,7-8H2,1-2H3. The number of hydrogen-bond acceptors (Lipinski definition) is 4. The molecule has 0 N–H and O–H groups in total. The van der Waals surface area contributed by atoms with E-state index in [1.807, 2.05) is 12.3 Å². The first-order valence-electron chi connectivity index (χ1n) is 6.70. The van der Waals surface area contributed by atoms with Crippen LogP contribution in [0.25, 0.3) is 0 Å². The van der Waals surface area contributed by atoms with E-state index in [1.54, 1.807) is 14.2 Å². The zero-order chi connectivity index (χ0) is 12.5. The highest BCUT2D eigenvalue weighted by Crippen LogP contribution is 2.52. The van der Waals surface area contributed by atoms with Crippen LogP contribution in [0.1, 0.15) is 49.4 Å². The van der Waals surface area contributed by atoms with Crippen molar-refractivity contribution in [1.82, 2.24) is 9.97 Å². The minimum Gasteiger partial charge on any atom is -0.350 e. The molecule has 0 spiro atoms. The Hall–Kier alpha value is -1.00. The van der Waals surface area contributed by atoms with Crippen molar-refractivity contribution >= 4 is 0 Å². The zero-order valence-corrected chi connectivity index (χ0v) is 11.0. The van der Waals surface area contributed by atoms with Gasteiger partial charge >= 0.3 is 0 Å². The van der Waals surface area contributed by atoms with Crippen LogP contribution in [0.4, 0.5) is 0 Å². The van der Waals surface area contributed by atoms with Crippen LogP contribution in [-0.4, -0.2) is 24.2 Å². The van der Waals surface area contributed by atoms with Crippen molar-refractivity contribution in [2.24, 2.45) is 11.8 Å². The van der Waals surface area contributed by atoms with Crippen LogP contribution < -0.4 is 0 Å². The maximum Gasteiger partial charge on any atom is 0.200 e. The summed E-state index contributed by atoms with van der Waals surface area (Å²) in [6.45, 7) is 0. The highest BCUT2D eigenvalue weighted by molar-refractivity contribution is 5.11. The van der Waals surface area contributed by atoms with Gasteiger partial charge in [-0.25, -0.2) is 9.97 Å². The summed E-state index contributed by atoms with van der Waals surface area (Å²) in [5.41, 5.74) is 0.827. The molecule has 2 aliphatic carbocycles. The number of methoxy groups -OCH3 is 2. The molecular weight excluding hydrogens is 228 g/mol. The summed E-state index contributed by atoms with van der Waals surface area (Å²) in [6.07, 6.45) is 6.83. The predicted molar refractivity (Wildman–Crippen MR) is 67.0 cm³/mol. The lowest BCUT2D eigenvalue weighted by molar-refractivity contribution is -0.108. The maximum atomic E-state index is 5.25. The van der Waals surface area contributed by atoms with E-state index in [2.05, 4.69) is 9.97 Å². The van der Waals surface area contributed by atoms with Crippen molar-refractivity contribution in [3.8, 4) is 0 Å². The SMILES string of the molecule is COC(OC)c1ccnc(C2CC3CCC2C3)n1. The van der Waals surface area contributed by atoms with Gasteiger partial charge in [0.15, 0.2) is 0 Å². The maximum absolute atomic E-state index is 5.25. The number of hydrogen-bond donors (Lipinski definition) is 0. The van der Waals surface area contributed by atoms with Gasteiger partial charge in [-0.1, -0.05) is 6.42 Å². The monoisotopic (exact) mass is 248 g/mol. The lowest BCUT2D eigenvalue weighted by Crippen LogP contribution is -2.15. The summed E-state index contributed by atoms with van der Waals surface area (Å²) in [7, 11) is 3.26. The molecule has 0 radical (unpaired) electrons. The van der Waals surface area contributed by atoms with Crippen LogP contribution >= 0.6 is 0 Å². The molecule has 4 nitrogen and oxygen atoms in total. The van der Waals surface area contributed by atoms with E-state index in [0.717, 1.165) is 23.4 Å². The lowest BCUT2D eigenvalue weighted by Gasteiger charge is -2.21. The van der Waals surface area contributed by atoms with Crippen molar-refractivity contribution < 1.29 is 9.47 Å². The first kappa shape index (κ1) is 12.1. The summed E-state index contributed by atoms with van der Waals surface area (Å²) < 4.78 is 10.5. The van der Waals surface area contributed by atoms with Crippen LogP contribution in [0.15, 0.2) is 12.3 Å². The van der Waals surface area contributed by atoms with Crippen molar-refractivity contribution in [1.29, 1.82) is 0 Å². The van der Waals surface area contributed by atoms with Gasteiger partial charge in [-0.15, -0.1) is 0 Å². The fraction of sp³-hybridized carbons (Fsp3) is 0.714. The molecule has 2 bridgehead atoms. The molecule has 18 heavy (non-hydrogen) atoms. The molecule has 3 atom stereocenters. The molecule has 98 valence electrons. The number of ether oxygens (including phenoxy) is 2. The molecule has 3 unspecified atom stereocenters. The molecule has 2 fully saturated rings. The average molecular weight is 248 g/mol. The number of aromatic nitrogens is 2. The Bertz CT molecular complexity index is 420. The molecule has 1 aromatic rings. The van der Waals surface area contributed by atoms with E-state index in [0.29, 0.717) is 5.92 Å². The van der Waals surface area contributed by atoms with Gasteiger partial charge in [0.05, 0.1) is 5.69 Å². The van der Waals surface area contributed by atoms with Crippen LogP contribution in [0.3, 0.4) is 0 Å². The van der Waals surface area contributed by atoms with E-state index >= 15 is 0 Å². The molecule has 1 aromatic heterocycles. The highest BCUT2D eigenvalue weighted by Gasteiger charge is 2.41. The molecule has 4 heteroatoms. The first-order valence-corrected chi connectivity index (χ1v) is 6.70. The summed E-state index contributed by atoms with van der Waals surface area (Å²) >= 11 is 0. The average Bonchev–Trinajstić information content (AvgIpc) is 3.03. The predicted octanol–water partition coefficient (Wildman–Crippen LogP) is 2.67. The lowest BCUT2D eigenvalue weighted by atomic mass is 9.88. The van der Waals surface area contributed by atoms with Gasteiger partial charge in [0.2, 0.25) is 6.29 Å². The number of fused-ring (bicyclic) bond motifs is 2. The largest absolute Gasteiger partial charge is 0.350 e. The van der Waals surface area contributed by atoms with E-state index in [1.165, 1.54) is 25.7 Å². The van der Waals surface area contributed by atoms with Gasteiger partial charge in [-0.2, -0.15) is 0 Å². The minimum absolute atomic E-state index is 0.384. The summed E-state index contributed by atoms with van der Waals surface area (Å²) in [4.78, 5) is 9.12. The third kappa shape index (κ3) is 2.04. The van der Waals surface area contributed by atoms with E-state index in [4.69, 9.17) is 9.47 Å². The highest BCUT2D eigenvalue weighted by atomic mass is 16.7. The van der Waals surface area contributed by atoms with Gasteiger partial charge in [0.25, 0.3) is 0 Å². The third-order valence-corrected chi connectivity index (χ3v) is 4.44. The van der Waals surface area contributed by atoms with Crippen LogP contribution in [0, 0.1) is 11.8 Å². The smallest absolute Gasteiger partial charge is 0.200 e. The Morgan fingerprint density at radius 2 is 2.06 bits per heavy atom. The fourth-order valence-electron chi connectivity index (χ4n) is 3.60. The Balaban J connectivity index is 1.82. The molecule has 1 heterocycles. The van der Waals surface area contributed by atoms with Gasteiger partial charge in [0, 0.05) is 26.3 Å². The van der Waals surface area contributed by atoms with Gasteiger partial charge in [-0.3, -0.25) is 0 Å². The van der Waals surface area contributed by atoms with Gasteiger partial charge in [0.1, 0.15) is 5.82 Å². The van der Waals surface area contributed by atoms with E-state index in [-0.39, 0.29) is 6.29 Å². The van der Waals surface area contributed by atoms with Crippen LogP contribution in [0.5, 0.6) is 0 Å². The minimum atomic E-state index is -0.384. The van der Waals surface area contributed by atoms with E-state index in [9.17, 15) is 0 Å². The Morgan fingerprint density at radius 3 is 2.67 bits per heavy atom. The quantitative estimate of drug-likeness (QED) is 0.768. The second-order valence-corrected chi connectivity index (χ2v) is 5.42. The summed E-state index contributed by atoms with van der Waals surface area (Å²) in [5, 5.41) is 0. The second kappa shape index (κ2) is 4.94. The molecule has 0 aliphatic heterocycles. The number of rotatable bonds is 4. The van der Waals surface area contributed by atoms with Crippen molar-refractivity contribution in [2.45, 2.75) is 37.9 Å². The van der Waals surface area contributed by atoms with Crippen LogP contribution in [-0.2, 0) is 9.47 Å². The second-order valence-electron chi connectivity index (χ2n) is 5.42. The molecule has 0 saturated heterocycles. The Kier molecular flexibility index (Phi) is 3.31. The third-order valence-electron chi connectivity index (χ3n) is 4.44. The van der Waals surface area contributed by atoms with Crippen molar-refractivity contribution in [3.63, 3.8) is 0 Å². The fourth-order valence-corrected chi connectivity index (χ4v) is 3.60. The summed E-state index contributed by atoms with van der Waals surface area (Å²) in [6, 6.07) is 1.87. The number of nitrogens with zero attached hydrogens (tertiary/aromatic N) is 2. The molecule has 0 amide bonds. The van der Waals surface area contributed by atoms with Crippen molar-refractivity contribution in [3.05, 3.63) is 23.8 Å². The molecule has 2 aliphatic rings. The molecule has 0 aromatic carbocycles. The van der Waals surface area contributed by atoms with Crippen LogP contribution in [0.2, 0.25) is 0 Å². The van der Waals surface area contributed by atoms with Gasteiger partial charge in [-0.05, 0) is 37.2 Å². The Labute approximate surface area is 108 Å². The van der Waals surface area contributed by atoms with E-state index < -0.39 is 0 Å². The Morgan fingerprint density at radius 1 is 1.22 bits per heavy atom. The topological polar surface area (TPSA) is 44.2 Å². The normalized spacial score (nSPS) is 30.3. The summed E-state index contributed by atoms with van der Waals surface area (Å²) in [5.74, 6) is 3.25. The van der Waals surface area contributed by atoms with Gasteiger partial charge < -0.3 is 9.47 Å². The molecule has 3 rings (SSSR count). The molecule has 2 saturated carbocycles. The van der Waals surface area contributed by atoms with Crippen molar-refractivity contribution in [2.75, 3.05) is 14.2 Å². The molecular formula is C14H20N2O2. The first-order chi connectivity index (χ1) is 8.81. The zero-order valence-electron chi connectivity index (χ0n) is 11.0.